The van der Waals surface area contributed by atoms with E-state index < -0.39 is 0 Å². The second-order valence-corrected chi connectivity index (χ2v) is 6.70. The molecule has 0 aliphatic carbocycles. The van der Waals surface area contributed by atoms with Crippen LogP contribution in [0.1, 0.15) is 25.8 Å². The number of fused-ring (bicyclic) bond motifs is 1. The number of hydrogen-bond donors (Lipinski definition) is 0. The van der Waals surface area contributed by atoms with Crippen LogP contribution in [0.2, 0.25) is 5.02 Å². The zero-order valence-corrected chi connectivity index (χ0v) is 15.4. The Labute approximate surface area is 159 Å². The van der Waals surface area contributed by atoms with Gasteiger partial charge in [0.1, 0.15) is 5.75 Å². The van der Waals surface area contributed by atoms with E-state index in [2.05, 4.69) is 10.1 Å². The van der Waals surface area contributed by atoms with Gasteiger partial charge in [0.25, 0.3) is 5.89 Å². The van der Waals surface area contributed by atoms with Crippen LogP contribution in [0.3, 0.4) is 0 Å². The Morgan fingerprint density at radius 3 is 2.70 bits per heavy atom. The largest absolute Gasteiger partial charge is 0.484 e. The molecule has 0 amide bonds. The molecule has 0 aliphatic heterocycles. The van der Waals surface area contributed by atoms with E-state index in [0.29, 0.717) is 33.6 Å². The Balaban J connectivity index is 1.55. The molecule has 0 N–H and O–H groups in total. The fourth-order valence-corrected chi connectivity index (χ4v) is 2.90. The van der Waals surface area contributed by atoms with Crippen LogP contribution in [0.15, 0.2) is 56.2 Å². The molecular weight excluding hydrogens is 370 g/mol. The first-order valence-electron chi connectivity index (χ1n) is 8.37. The van der Waals surface area contributed by atoms with Gasteiger partial charge in [-0.3, -0.25) is 4.57 Å². The summed E-state index contributed by atoms with van der Waals surface area (Å²) in [5, 5.41) is 4.61. The SMILES string of the molecule is CC(C)n1c(=O)oc2cc(-c3noc(COc4ccc(Cl)cc4)n3)ccc21. The third-order valence-corrected chi connectivity index (χ3v) is 4.28. The smallest absolute Gasteiger partial charge is 0.420 e. The van der Waals surface area contributed by atoms with Crippen molar-refractivity contribution in [2.24, 2.45) is 0 Å². The molecule has 0 aliphatic rings. The second-order valence-electron chi connectivity index (χ2n) is 6.27. The summed E-state index contributed by atoms with van der Waals surface area (Å²) in [6.45, 7) is 3.99. The predicted octanol–water partition coefficient (Wildman–Crippen LogP) is 4.46. The summed E-state index contributed by atoms with van der Waals surface area (Å²) < 4.78 is 17.8. The summed E-state index contributed by atoms with van der Waals surface area (Å²) in [6.07, 6.45) is 0. The minimum Gasteiger partial charge on any atom is -0.484 e. The van der Waals surface area contributed by atoms with E-state index in [1.807, 2.05) is 26.0 Å². The van der Waals surface area contributed by atoms with Crippen LogP contribution in [-0.4, -0.2) is 14.7 Å². The number of benzene rings is 2. The van der Waals surface area contributed by atoms with E-state index in [-0.39, 0.29) is 18.4 Å². The standard InChI is InChI=1S/C19H16ClN3O4/c1-11(2)23-15-8-3-12(9-16(15)26-19(23)24)18-21-17(27-22-18)10-25-14-6-4-13(20)5-7-14/h3-9,11H,10H2,1-2H3. The van der Waals surface area contributed by atoms with Crippen LogP contribution in [0, 0.1) is 0 Å². The van der Waals surface area contributed by atoms with Crippen molar-refractivity contribution >= 4 is 22.7 Å². The van der Waals surface area contributed by atoms with Gasteiger partial charge in [0.2, 0.25) is 5.82 Å². The summed E-state index contributed by atoms with van der Waals surface area (Å²) in [5.41, 5.74) is 1.90. The summed E-state index contributed by atoms with van der Waals surface area (Å²) in [5.74, 6) is 0.993. The molecule has 4 rings (SSSR count). The third kappa shape index (κ3) is 3.46. The highest BCUT2D eigenvalue weighted by molar-refractivity contribution is 6.30. The molecule has 2 heterocycles. The Kier molecular flexibility index (Phi) is 4.45. The molecule has 0 saturated heterocycles. The van der Waals surface area contributed by atoms with Gasteiger partial charge in [0, 0.05) is 16.6 Å². The lowest BCUT2D eigenvalue weighted by atomic mass is 10.2. The predicted molar refractivity (Wildman–Crippen MR) is 99.9 cm³/mol. The minimum absolute atomic E-state index is 0.00592. The minimum atomic E-state index is -0.387. The number of aromatic nitrogens is 3. The number of nitrogens with zero attached hydrogens (tertiary/aromatic N) is 3. The highest BCUT2D eigenvalue weighted by atomic mass is 35.5. The van der Waals surface area contributed by atoms with Crippen molar-refractivity contribution in [3.63, 3.8) is 0 Å². The molecule has 7 nitrogen and oxygen atoms in total. The molecule has 0 radical (unpaired) electrons. The lowest BCUT2D eigenvalue weighted by molar-refractivity contribution is 0.243. The van der Waals surface area contributed by atoms with Gasteiger partial charge in [-0.15, -0.1) is 0 Å². The van der Waals surface area contributed by atoms with Gasteiger partial charge in [-0.05, 0) is 56.3 Å². The molecule has 0 spiro atoms. The molecular formula is C19H16ClN3O4. The number of rotatable bonds is 5. The maximum atomic E-state index is 12.0. The van der Waals surface area contributed by atoms with Crippen molar-refractivity contribution in [2.75, 3.05) is 0 Å². The average Bonchev–Trinajstić information content (AvgIpc) is 3.24. The van der Waals surface area contributed by atoms with Crippen LogP contribution in [-0.2, 0) is 6.61 Å². The molecule has 4 aromatic rings. The summed E-state index contributed by atoms with van der Waals surface area (Å²) in [6, 6.07) is 12.4. The van der Waals surface area contributed by atoms with Gasteiger partial charge in [0.05, 0.1) is 5.52 Å². The molecule has 8 heteroatoms. The van der Waals surface area contributed by atoms with E-state index in [1.165, 1.54) is 0 Å². The first kappa shape index (κ1) is 17.4. The zero-order valence-electron chi connectivity index (χ0n) is 14.7. The van der Waals surface area contributed by atoms with E-state index in [9.17, 15) is 4.79 Å². The highest BCUT2D eigenvalue weighted by Gasteiger charge is 2.15. The Morgan fingerprint density at radius 1 is 1.19 bits per heavy atom. The number of oxazole rings is 1. The summed E-state index contributed by atoms with van der Waals surface area (Å²) >= 11 is 5.84. The molecule has 138 valence electrons. The van der Waals surface area contributed by atoms with E-state index >= 15 is 0 Å². The van der Waals surface area contributed by atoms with Gasteiger partial charge in [-0.2, -0.15) is 4.98 Å². The van der Waals surface area contributed by atoms with Crippen molar-refractivity contribution in [2.45, 2.75) is 26.5 Å². The topological polar surface area (TPSA) is 83.3 Å². The second kappa shape index (κ2) is 6.92. The van der Waals surface area contributed by atoms with Gasteiger partial charge >= 0.3 is 5.76 Å². The van der Waals surface area contributed by atoms with Crippen LogP contribution in [0.25, 0.3) is 22.5 Å². The molecule has 0 unspecified atom stereocenters. The normalized spacial score (nSPS) is 11.4. The fourth-order valence-electron chi connectivity index (χ4n) is 2.77. The average molecular weight is 386 g/mol. The molecule has 27 heavy (non-hydrogen) atoms. The first-order valence-corrected chi connectivity index (χ1v) is 8.75. The van der Waals surface area contributed by atoms with E-state index in [1.54, 1.807) is 34.9 Å². The Hall–Kier alpha value is -3.06. The summed E-state index contributed by atoms with van der Waals surface area (Å²) in [7, 11) is 0. The highest BCUT2D eigenvalue weighted by Crippen LogP contribution is 2.24. The number of ether oxygens (including phenoxy) is 1. The van der Waals surface area contributed by atoms with E-state index in [0.717, 1.165) is 5.52 Å². The zero-order chi connectivity index (χ0) is 19.0. The Morgan fingerprint density at radius 2 is 1.96 bits per heavy atom. The fraction of sp³-hybridized carbons (Fsp3) is 0.211. The lowest BCUT2D eigenvalue weighted by Crippen LogP contribution is -2.15. The monoisotopic (exact) mass is 385 g/mol. The van der Waals surface area contributed by atoms with Gasteiger partial charge < -0.3 is 13.7 Å². The summed E-state index contributed by atoms with van der Waals surface area (Å²) in [4.78, 5) is 16.3. The van der Waals surface area contributed by atoms with Crippen LogP contribution in [0.4, 0.5) is 0 Å². The van der Waals surface area contributed by atoms with Crippen molar-refractivity contribution in [3.8, 4) is 17.1 Å². The first-order chi connectivity index (χ1) is 13.0. The lowest BCUT2D eigenvalue weighted by Gasteiger charge is -2.04. The molecule has 0 fully saturated rings. The van der Waals surface area contributed by atoms with Crippen LogP contribution >= 0.6 is 11.6 Å². The van der Waals surface area contributed by atoms with E-state index in [4.69, 9.17) is 25.3 Å². The van der Waals surface area contributed by atoms with Crippen molar-refractivity contribution in [1.29, 1.82) is 0 Å². The molecule has 2 aromatic heterocycles. The molecule has 0 atom stereocenters. The maximum absolute atomic E-state index is 12.0. The molecule has 0 bridgehead atoms. The van der Waals surface area contributed by atoms with Gasteiger partial charge in [-0.1, -0.05) is 16.8 Å². The quantitative estimate of drug-likeness (QED) is 0.504. The van der Waals surface area contributed by atoms with Gasteiger partial charge in [0.15, 0.2) is 12.2 Å². The van der Waals surface area contributed by atoms with Crippen LogP contribution < -0.4 is 10.5 Å². The molecule has 0 saturated carbocycles. The maximum Gasteiger partial charge on any atom is 0.420 e. The number of hydrogen-bond acceptors (Lipinski definition) is 6. The Bertz CT molecular complexity index is 1140. The van der Waals surface area contributed by atoms with Crippen molar-refractivity contribution in [3.05, 3.63) is 63.9 Å². The van der Waals surface area contributed by atoms with Crippen molar-refractivity contribution in [1.82, 2.24) is 14.7 Å². The van der Waals surface area contributed by atoms with Crippen molar-refractivity contribution < 1.29 is 13.7 Å². The van der Waals surface area contributed by atoms with Gasteiger partial charge in [-0.25, -0.2) is 4.79 Å². The van der Waals surface area contributed by atoms with Crippen LogP contribution in [0.5, 0.6) is 5.75 Å². The third-order valence-electron chi connectivity index (χ3n) is 4.03. The number of halogens is 1. The molecule has 2 aromatic carbocycles.